The van der Waals surface area contributed by atoms with Gasteiger partial charge in [0.15, 0.2) is 5.96 Å². The topological polar surface area (TPSA) is 59.6 Å². The molecule has 1 fully saturated rings. The van der Waals surface area contributed by atoms with Crippen molar-refractivity contribution in [1.29, 1.82) is 0 Å². The van der Waals surface area contributed by atoms with E-state index in [4.69, 9.17) is 10.5 Å². The number of nitrogens with zero attached hydrogens (tertiary/aromatic N) is 1. The summed E-state index contributed by atoms with van der Waals surface area (Å²) in [4.78, 5) is 5.75. The highest BCUT2D eigenvalue weighted by atomic mass is 127. The molecule has 0 amide bonds. The number of ether oxygens (including phenoxy) is 1. The van der Waals surface area contributed by atoms with Crippen molar-refractivity contribution >= 4 is 41.3 Å². The van der Waals surface area contributed by atoms with E-state index in [0.29, 0.717) is 12.0 Å². The van der Waals surface area contributed by atoms with E-state index >= 15 is 0 Å². The Labute approximate surface area is 148 Å². The van der Waals surface area contributed by atoms with Gasteiger partial charge in [-0.2, -0.15) is 0 Å². The first kappa shape index (κ1) is 18.7. The van der Waals surface area contributed by atoms with Gasteiger partial charge in [0.25, 0.3) is 0 Å². The fourth-order valence-corrected chi connectivity index (χ4v) is 3.39. The monoisotopic (exact) mass is 423 g/mol. The van der Waals surface area contributed by atoms with Gasteiger partial charge in [-0.3, -0.25) is 4.99 Å². The summed E-state index contributed by atoms with van der Waals surface area (Å²) in [5.41, 5.74) is 5.95. The molecule has 2 unspecified atom stereocenters. The number of aliphatic imine (C=N–C) groups is 1. The molecule has 6 heteroatoms. The highest BCUT2D eigenvalue weighted by Crippen LogP contribution is 2.51. The molecular formula is C15H26IN3OS. The van der Waals surface area contributed by atoms with Crippen LogP contribution in [0.5, 0.6) is 0 Å². The molecular weight excluding hydrogens is 397 g/mol. The number of hydrogen-bond acceptors (Lipinski definition) is 3. The maximum atomic E-state index is 5.98. The van der Waals surface area contributed by atoms with Crippen molar-refractivity contribution in [1.82, 2.24) is 5.32 Å². The lowest BCUT2D eigenvalue weighted by molar-refractivity contribution is -0.176. The largest absolute Gasteiger partial charge is 0.378 e. The Bertz CT molecular complexity index is 475. The van der Waals surface area contributed by atoms with Gasteiger partial charge < -0.3 is 15.8 Å². The van der Waals surface area contributed by atoms with Gasteiger partial charge in [0.2, 0.25) is 0 Å². The van der Waals surface area contributed by atoms with Gasteiger partial charge in [-0.25, -0.2) is 0 Å². The molecule has 0 aromatic carbocycles. The normalized spacial score (nSPS) is 27.6. The van der Waals surface area contributed by atoms with E-state index in [0.717, 1.165) is 19.4 Å². The van der Waals surface area contributed by atoms with Gasteiger partial charge in [0, 0.05) is 36.4 Å². The van der Waals surface area contributed by atoms with Crippen molar-refractivity contribution in [3.8, 4) is 0 Å². The molecule has 0 aliphatic heterocycles. The Kier molecular flexibility index (Phi) is 6.49. The van der Waals surface area contributed by atoms with Crippen LogP contribution in [-0.2, 0) is 11.2 Å². The van der Waals surface area contributed by atoms with Crippen LogP contribution in [0.15, 0.2) is 22.5 Å². The van der Waals surface area contributed by atoms with Crippen molar-refractivity contribution in [2.75, 3.05) is 13.7 Å². The van der Waals surface area contributed by atoms with Crippen LogP contribution in [0.25, 0.3) is 0 Å². The van der Waals surface area contributed by atoms with Crippen LogP contribution in [0.2, 0.25) is 0 Å². The summed E-state index contributed by atoms with van der Waals surface area (Å²) >= 11 is 1.76. The van der Waals surface area contributed by atoms with E-state index in [-0.39, 0.29) is 35.0 Å². The number of rotatable bonds is 5. The number of thiophene rings is 1. The number of guanidine groups is 1. The number of hydrogen-bond donors (Lipinski definition) is 2. The van der Waals surface area contributed by atoms with E-state index in [1.807, 2.05) is 0 Å². The zero-order valence-corrected chi connectivity index (χ0v) is 16.3. The number of methoxy groups -OCH3 is 1. The second-order valence-electron chi connectivity index (χ2n) is 6.15. The Morgan fingerprint density at radius 1 is 1.52 bits per heavy atom. The molecule has 1 heterocycles. The lowest BCUT2D eigenvalue weighted by Gasteiger charge is -2.59. The lowest BCUT2D eigenvalue weighted by Crippen LogP contribution is -2.69. The zero-order chi connectivity index (χ0) is 14.8. The van der Waals surface area contributed by atoms with Crippen molar-refractivity contribution < 1.29 is 4.74 Å². The van der Waals surface area contributed by atoms with Gasteiger partial charge >= 0.3 is 0 Å². The van der Waals surface area contributed by atoms with Gasteiger partial charge in [-0.1, -0.05) is 19.9 Å². The minimum atomic E-state index is -0.0814. The van der Waals surface area contributed by atoms with Crippen molar-refractivity contribution in [2.45, 2.75) is 45.3 Å². The van der Waals surface area contributed by atoms with E-state index in [1.54, 1.807) is 18.4 Å². The van der Waals surface area contributed by atoms with Crippen LogP contribution in [0.1, 0.15) is 32.1 Å². The summed E-state index contributed by atoms with van der Waals surface area (Å²) in [5.74, 6) is 0.540. The first-order valence-corrected chi connectivity index (χ1v) is 7.91. The molecule has 3 N–H and O–H groups in total. The van der Waals surface area contributed by atoms with E-state index in [2.05, 4.69) is 48.6 Å². The SMILES string of the molecule is COC1(C)CC(NC(N)=NCCc2cccs2)C1(C)C.I. The van der Waals surface area contributed by atoms with Crippen LogP contribution < -0.4 is 11.1 Å². The maximum Gasteiger partial charge on any atom is 0.188 e. The number of nitrogens with one attached hydrogen (secondary N) is 1. The molecule has 0 spiro atoms. The van der Waals surface area contributed by atoms with Gasteiger partial charge in [0.05, 0.1) is 5.60 Å². The van der Waals surface area contributed by atoms with Crippen LogP contribution in [0.4, 0.5) is 0 Å². The second kappa shape index (κ2) is 7.28. The molecule has 0 radical (unpaired) electrons. The molecule has 2 atom stereocenters. The molecule has 120 valence electrons. The second-order valence-corrected chi connectivity index (χ2v) is 7.19. The minimum absolute atomic E-state index is 0. The van der Waals surface area contributed by atoms with Gasteiger partial charge in [-0.15, -0.1) is 35.3 Å². The molecule has 0 saturated heterocycles. The smallest absolute Gasteiger partial charge is 0.188 e. The van der Waals surface area contributed by atoms with Crippen LogP contribution in [0, 0.1) is 5.41 Å². The van der Waals surface area contributed by atoms with Gasteiger partial charge in [-0.05, 0) is 24.8 Å². The van der Waals surface area contributed by atoms with Crippen LogP contribution in [-0.4, -0.2) is 31.3 Å². The van der Waals surface area contributed by atoms with E-state index in [9.17, 15) is 0 Å². The van der Waals surface area contributed by atoms with Crippen LogP contribution in [0.3, 0.4) is 0 Å². The Balaban J connectivity index is 0.00000220. The number of halogens is 1. The average molecular weight is 423 g/mol. The first-order chi connectivity index (χ1) is 9.39. The van der Waals surface area contributed by atoms with Crippen LogP contribution >= 0.6 is 35.3 Å². The third-order valence-corrected chi connectivity index (χ3v) is 5.76. The summed E-state index contributed by atoms with van der Waals surface area (Å²) in [6.45, 7) is 7.29. The third-order valence-electron chi connectivity index (χ3n) is 4.82. The Morgan fingerprint density at radius 3 is 2.76 bits per heavy atom. The molecule has 21 heavy (non-hydrogen) atoms. The average Bonchev–Trinajstić information content (AvgIpc) is 2.91. The standard InChI is InChI=1S/C15H25N3OS.HI/c1-14(2)12(10-15(14,3)19-4)18-13(16)17-8-7-11-6-5-9-20-11;/h5-6,9,12H,7-8,10H2,1-4H3,(H3,16,17,18);1H. The summed E-state index contributed by atoms with van der Waals surface area (Å²) in [6, 6.07) is 4.51. The Hall–Kier alpha value is -0.340. The predicted octanol–water partition coefficient (Wildman–Crippen LogP) is 3.02. The van der Waals surface area contributed by atoms with E-state index in [1.165, 1.54) is 4.88 Å². The van der Waals surface area contributed by atoms with Crippen molar-refractivity contribution in [3.63, 3.8) is 0 Å². The summed E-state index contributed by atoms with van der Waals surface area (Å²) < 4.78 is 5.61. The quantitative estimate of drug-likeness (QED) is 0.435. The summed E-state index contributed by atoms with van der Waals surface area (Å²) in [7, 11) is 1.77. The molecule has 0 bridgehead atoms. The Morgan fingerprint density at radius 2 is 2.24 bits per heavy atom. The number of nitrogens with two attached hydrogens (primary N) is 1. The fourth-order valence-electron chi connectivity index (χ4n) is 2.69. The predicted molar refractivity (Wildman–Crippen MR) is 101 cm³/mol. The third kappa shape index (κ3) is 3.90. The molecule has 2 rings (SSSR count). The molecule has 1 aromatic rings. The summed E-state index contributed by atoms with van der Waals surface area (Å²) in [5, 5.41) is 5.41. The minimum Gasteiger partial charge on any atom is -0.378 e. The van der Waals surface area contributed by atoms with E-state index < -0.39 is 0 Å². The highest BCUT2D eigenvalue weighted by molar-refractivity contribution is 14.0. The molecule has 1 saturated carbocycles. The molecule has 1 aromatic heterocycles. The molecule has 1 aliphatic rings. The maximum absolute atomic E-state index is 5.98. The van der Waals surface area contributed by atoms with Crippen molar-refractivity contribution in [2.24, 2.45) is 16.1 Å². The molecule has 4 nitrogen and oxygen atoms in total. The van der Waals surface area contributed by atoms with Crippen molar-refractivity contribution in [3.05, 3.63) is 22.4 Å². The molecule has 1 aliphatic carbocycles. The highest BCUT2D eigenvalue weighted by Gasteiger charge is 2.57. The summed E-state index contributed by atoms with van der Waals surface area (Å²) in [6.07, 6.45) is 1.90. The van der Waals surface area contributed by atoms with Gasteiger partial charge in [0.1, 0.15) is 0 Å². The zero-order valence-electron chi connectivity index (χ0n) is 13.2. The first-order valence-electron chi connectivity index (χ1n) is 7.03. The lowest BCUT2D eigenvalue weighted by atomic mass is 9.56. The fraction of sp³-hybridized carbons (Fsp3) is 0.667.